The fourth-order valence-electron chi connectivity index (χ4n) is 3.68. The maximum atomic E-state index is 12.4. The lowest BCUT2D eigenvalue weighted by atomic mass is 9.77. The van der Waals surface area contributed by atoms with E-state index >= 15 is 0 Å². The van der Waals surface area contributed by atoms with Gasteiger partial charge < -0.3 is 10.1 Å². The quantitative estimate of drug-likeness (QED) is 0.174. The maximum absolute atomic E-state index is 12.4. The molecule has 0 saturated heterocycles. The summed E-state index contributed by atoms with van der Waals surface area (Å²) in [6.45, 7) is 1.80. The summed E-state index contributed by atoms with van der Waals surface area (Å²) in [5.41, 5.74) is 2.37. The second-order valence-corrected chi connectivity index (χ2v) is 7.92. The molecular weight excluding hydrogens is 420 g/mol. The largest absolute Gasteiger partial charge is 0.460 e. The zero-order valence-corrected chi connectivity index (χ0v) is 18.3. The minimum Gasteiger partial charge on any atom is -0.460 e. The highest BCUT2D eigenvalue weighted by Gasteiger charge is 2.37. The normalized spacial score (nSPS) is 11.0. The topological polar surface area (TPSA) is 68.3 Å². The molecule has 160 valence electrons. The summed E-state index contributed by atoms with van der Waals surface area (Å²) in [4.78, 5) is 28.7. The van der Waals surface area contributed by atoms with Crippen LogP contribution in [0.25, 0.3) is 0 Å². The number of benzene rings is 3. The second kappa shape index (κ2) is 9.58. The van der Waals surface area contributed by atoms with Crippen molar-refractivity contribution in [3.8, 4) is 0 Å². The van der Waals surface area contributed by atoms with Crippen molar-refractivity contribution in [2.75, 3.05) is 11.9 Å². The van der Waals surface area contributed by atoms with Crippen molar-refractivity contribution in [1.29, 1.82) is 0 Å². The highest BCUT2D eigenvalue weighted by molar-refractivity contribution is 7.14. The lowest BCUT2D eigenvalue weighted by Gasteiger charge is -2.36. The van der Waals surface area contributed by atoms with Gasteiger partial charge in [0, 0.05) is 5.38 Å². The third-order valence-electron chi connectivity index (χ3n) is 5.11. The first-order valence-corrected chi connectivity index (χ1v) is 11.1. The molecule has 3 aromatic carbocycles. The fraction of sp³-hybridized carbons (Fsp3) is 0.115. The van der Waals surface area contributed by atoms with Gasteiger partial charge >= 0.3 is 5.97 Å². The Balaban J connectivity index is 1.84. The maximum Gasteiger partial charge on any atom is 0.381 e. The SMILES string of the molecule is CCOC(=O)C(=O)c1csc(NC(c2ccccc2)(c2ccccc2)c2ccccc2)n1. The van der Waals surface area contributed by atoms with E-state index in [4.69, 9.17) is 4.74 Å². The Morgan fingerprint density at radius 3 is 1.75 bits per heavy atom. The molecule has 6 heteroatoms. The number of carbonyl (C=O) groups excluding carboxylic acids is 2. The van der Waals surface area contributed by atoms with Crippen LogP contribution >= 0.6 is 11.3 Å². The van der Waals surface area contributed by atoms with E-state index in [9.17, 15) is 9.59 Å². The number of carbonyl (C=O) groups is 2. The Kier molecular flexibility index (Phi) is 6.42. The third kappa shape index (κ3) is 4.18. The number of Topliss-reactive ketones (excluding diaryl/α,β-unsaturated/α-hetero) is 1. The van der Waals surface area contributed by atoms with Crippen LogP contribution in [0.1, 0.15) is 34.1 Å². The summed E-state index contributed by atoms with van der Waals surface area (Å²) in [5, 5.41) is 5.69. The molecule has 0 amide bonds. The van der Waals surface area contributed by atoms with Gasteiger partial charge in [0.2, 0.25) is 0 Å². The van der Waals surface area contributed by atoms with Gasteiger partial charge in [0.05, 0.1) is 6.61 Å². The standard InChI is InChI=1S/C26H22N2O3S/c1-2-31-24(30)23(29)22-18-32-25(27-22)28-26(19-12-6-3-7-13-19,20-14-8-4-9-15-20)21-16-10-5-11-17-21/h3-18H,2H2,1H3,(H,27,28). The van der Waals surface area contributed by atoms with Gasteiger partial charge in [-0.05, 0) is 23.6 Å². The Hall–Kier alpha value is -3.77. The van der Waals surface area contributed by atoms with Crippen molar-refractivity contribution in [2.24, 2.45) is 0 Å². The zero-order chi connectivity index (χ0) is 22.4. The highest BCUT2D eigenvalue weighted by Crippen LogP contribution is 2.40. The number of thiazole rings is 1. The molecule has 0 aliphatic rings. The van der Waals surface area contributed by atoms with E-state index in [0.717, 1.165) is 16.7 Å². The summed E-state index contributed by atoms with van der Waals surface area (Å²) in [6, 6.07) is 30.3. The van der Waals surface area contributed by atoms with Gasteiger partial charge in [0.1, 0.15) is 11.2 Å². The van der Waals surface area contributed by atoms with Crippen molar-refractivity contribution < 1.29 is 14.3 Å². The van der Waals surface area contributed by atoms with Gasteiger partial charge in [0.15, 0.2) is 5.13 Å². The van der Waals surface area contributed by atoms with Gasteiger partial charge in [-0.1, -0.05) is 91.0 Å². The molecule has 0 radical (unpaired) electrons. The monoisotopic (exact) mass is 442 g/mol. The molecule has 0 unspecified atom stereocenters. The van der Waals surface area contributed by atoms with E-state index in [1.807, 2.05) is 54.6 Å². The number of nitrogens with one attached hydrogen (secondary N) is 1. The molecule has 4 rings (SSSR count). The van der Waals surface area contributed by atoms with E-state index in [2.05, 4.69) is 46.7 Å². The first kappa shape index (κ1) is 21.5. The van der Waals surface area contributed by atoms with E-state index in [1.165, 1.54) is 11.3 Å². The number of nitrogens with zero attached hydrogens (tertiary/aromatic N) is 1. The van der Waals surface area contributed by atoms with E-state index in [-0.39, 0.29) is 12.3 Å². The van der Waals surface area contributed by atoms with Gasteiger partial charge in [-0.25, -0.2) is 9.78 Å². The second-order valence-electron chi connectivity index (χ2n) is 7.06. The number of anilines is 1. The van der Waals surface area contributed by atoms with Gasteiger partial charge in [-0.3, -0.25) is 4.79 Å². The summed E-state index contributed by atoms with van der Waals surface area (Å²) < 4.78 is 4.83. The van der Waals surface area contributed by atoms with Crippen LogP contribution in [0.3, 0.4) is 0 Å². The van der Waals surface area contributed by atoms with Crippen LogP contribution in [0.5, 0.6) is 0 Å². The molecule has 1 aromatic heterocycles. The summed E-state index contributed by atoms with van der Waals surface area (Å²) in [6.07, 6.45) is 0. The Bertz CT molecular complexity index is 1090. The average molecular weight is 443 g/mol. The number of hydrogen-bond donors (Lipinski definition) is 1. The number of ketones is 1. The first-order chi connectivity index (χ1) is 15.6. The minimum absolute atomic E-state index is 0.0686. The van der Waals surface area contributed by atoms with E-state index in [1.54, 1.807) is 12.3 Å². The molecule has 0 fully saturated rings. The van der Waals surface area contributed by atoms with Gasteiger partial charge in [-0.15, -0.1) is 11.3 Å². The summed E-state index contributed by atoms with van der Waals surface area (Å²) >= 11 is 1.27. The number of ether oxygens (including phenoxy) is 1. The molecule has 0 saturated carbocycles. The number of aromatic nitrogens is 1. The lowest BCUT2D eigenvalue weighted by molar-refractivity contribution is -0.137. The minimum atomic E-state index is -0.898. The molecule has 0 bridgehead atoms. The molecule has 0 aliphatic carbocycles. The molecular formula is C26H22N2O3S. The third-order valence-corrected chi connectivity index (χ3v) is 5.87. The molecule has 0 aliphatic heterocycles. The van der Waals surface area contributed by atoms with Crippen LogP contribution in [0.15, 0.2) is 96.4 Å². The van der Waals surface area contributed by atoms with Gasteiger partial charge in [0.25, 0.3) is 5.78 Å². The predicted molar refractivity (Wildman–Crippen MR) is 126 cm³/mol. The molecule has 0 atom stereocenters. The average Bonchev–Trinajstić information content (AvgIpc) is 3.32. The Morgan fingerprint density at radius 1 is 0.844 bits per heavy atom. The molecule has 4 aromatic rings. The van der Waals surface area contributed by atoms with Crippen LogP contribution in [-0.4, -0.2) is 23.3 Å². The van der Waals surface area contributed by atoms with Crippen molar-refractivity contribution in [3.63, 3.8) is 0 Å². The molecule has 1 heterocycles. The molecule has 5 nitrogen and oxygen atoms in total. The van der Waals surface area contributed by atoms with Crippen molar-refractivity contribution >= 4 is 28.2 Å². The molecule has 32 heavy (non-hydrogen) atoms. The van der Waals surface area contributed by atoms with Crippen LogP contribution in [0.4, 0.5) is 5.13 Å². The summed E-state index contributed by atoms with van der Waals surface area (Å²) in [5.74, 6) is -1.65. The fourth-order valence-corrected chi connectivity index (χ4v) is 4.42. The van der Waals surface area contributed by atoms with E-state index < -0.39 is 17.3 Å². The number of hydrogen-bond acceptors (Lipinski definition) is 6. The first-order valence-electron chi connectivity index (χ1n) is 10.3. The number of esters is 1. The van der Waals surface area contributed by atoms with Crippen LogP contribution in [-0.2, 0) is 15.1 Å². The van der Waals surface area contributed by atoms with Gasteiger partial charge in [-0.2, -0.15) is 0 Å². The smallest absolute Gasteiger partial charge is 0.381 e. The zero-order valence-electron chi connectivity index (χ0n) is 17.5. The van der Waals surface area contributed by atoms with Crippen LogP contribution < -0.4 is 5.32 Å². The molecule has 1 N–H and O–H groups in total. The highest BCUT2D eigenvalue weighted by atomic mass is 32.1. The predicted octanol–water partition coefficient (Wildman–Crippen LogP) is 5.29. The lowest BCUT2D eigenvalue weighted by Crippen LogP contribution is -2.38. The Morgan fingerprint density at radius 2 is 1.31 bits per heavy atom. The van der Waals surface area contributed by atoms with Crippen molar-refractivity contribution in [3.05, 3.63) is 119 Å². The summed E-state index contributed by atoms with van der Waals surface area (Å²) in [7, 11) is 0. The van der Waals surface area contributed by atoms with Crippen molar-refractivity contribution in [2.45, 2.75) is 12.5 Å². The van der Waals surface area contributed by atoms with E-state index in [0.29, 0.717) is 5.13 Å². The van der Waals surface area contributed by atoms with Crippen LogP contribution in [0.2, 0.25) is 0 Å². The Labute approximate surface area is 190 Å². The number of rotatable bonds is 8. The van der Waals surface area contributed by atoms with Crippen molar-refractivity contribution in [1.82, 2.24) is 4.98 Å². The van der Waals surface area contributed by atoms with Crippen LogP contribution in [0, 0.1) is 0 Å². The molecule has 0 spiro atoms.